The molecule has 2 aromatic rings. The zero-order chi connectivity index (χ0) is 22.6. The Morgan fingerprint density at radius 1 is 1.18 bits per heavy atom. The largest absolute Gasteiger partial charge is 0.465 e. The van der Waals surface area contributed by atoms with E-state index in [2.05, 4.69) is 45.6 Å². The molecule has 1 aromatic carbocycles. The standard InChI is InChI=1S/C28H33N3O2/c1-33-28(32)25-14-15-29-19-26(25)30-18-22-10-6-9-21-17-23(12-13-24(21)22)31-16-5-4-8-20-7-2-3-11-27(20)31/h3,11-15,17,19,22,30H,2,4-10,16,18H2,1H3/t22-/m0/s1. The molecule has 1 atom stereocenters. The zero-order valence-corrected chi connectivity index (χ0v) is 19.5. The van der Waals surface area contributed by atoms with Crippen LogP contribution in [-0.4, -0.2) is 31.2 Å². The first kappa shape index (κ1) is 21.7. The summed E-state index contributed by atoms with van der Waals surface area (Å²) < 4.78 is 4.92. The number of aryl methyl sites for hydroxylation is 1. The molecule has 172 valence electrons. The average molecular weight is 444 g/mol. The number of benzene rings is 1. The number of pyridine rings is 1. The van der Waals surface area contributed by atoms with E-state index in [-0.39, 0.29) is 5.97 Å². The van der Waals surface area contributed by atoms with E-state index in [0.717, 1.165) is 31.6 Å². The van der Waals surface area contributed by atoms with Crippen LogP contribution < -0.4 is 10.2 Å². The molecule has 0 amide bonds. The van der Waals surface area contributed by atoms with Crippen LogP contribution in [0.25, 0.3) is 0 Å². The lowest BCUT2D eigenvalue weighted by Gasteiger charge is -2.31. The van der Waals surface area contributed by atoms with Crippen molar-refractivity contribution >= 4 is 17.3 Å². The predicted octanol–water partition coefficient (Wildman–Crippen LogP) is 5.99. The van der Waals surface area contributed by atoms with Gasteiger partial charge in [0.05, 0.1) is 24.6 Å². The summed E-state index contributed by atoms with van der Waals surface area (Å²) in [6.07, 6.45) is 17.7. The summed E-state index contributed by atoms with van der Waals surface area (Å²) in [5.41, 5.74) is 8.59. The highest BCUT2D eigenvalue weighted by Gasteiger charge is 2.24. The lowest BCUT2D eigenvalue weighted by Crippen LogP contribution is -2.24. The van der Waals surface area contributed by atoms with Gasteiger partial charge in [0.1, 0.15) is 0 Å². The summed E-state index contributed by atoms with van der Waals surface area (Å²) in [5.74, 6) is 0.0819. The second-order valence-electron chi connectivity index (χ2n) is 9.30. The van der Waals surface area contributed by atoms with Crippen molar-refractivity contribution in [3.63, 3.8) is 0 Å². The number of hydrogen-bond donors (Lipinski definition) is 1. The van der Waals surface area contributed by atoms with E-state index in [1.807, 2.05) is 0 Å². The molecule has 5 heteroatoms. The van der Waals surface area contributed by atoms with Crippen LogP contribution >= 0.6 is 0 Å². The number of rotatable bonds is 5. The number of fused-ring (bicyclic) bond motifs is 1. The van der Waals surface area contributed by atoms with Gasteiger partial charge in [-0.25, -0.2) is 4.79 Å². The molecule has 3 aliphatic rings. The maximum absolute atomic E-state index is 12.1. The molecule has 1 N–H and O–H groups in total. The normalized spacial score (nSPS) is 20.0. The molecule has 0 spiro atoms. The van der Waals surface area contributed by atoms with Gasteiger partial charge in [0.25, 0.3) is 0 Å². The molecule has 33 heavy (non-hydrogen) atoms. The topological polar surface area (TPSA) is 54.5 Å². The number of anilines is 2. The first-order valence-corrected chi connectivity index (χ1v) is 12.3. The fourth-order valence-corrected chi connectivity index (χ4v) is 5.57. The Kier molecular flexibility index (Phi) is 6.47. The third-order valence-electron chi connectivity index (χ3n) is 7.29. The van der Waals surface area contributed by atoms with Crippen LogP contribution in [0.15, 0.2) is 60.1 Å². The molecule has 2 aliphatic carbocycles. The second kappa shape index (κ2) is 9.82. The zero-order valence-electron chi connectivity index (χ0n) is 19.5. The molecule has 1 aliphatic heterocycles. The highest BCUT2D eigenvalue weighted by atomic mass is 16.5. The van der Waals surface area contributed by atoms with Crippen LogP contribution in [0.1, 0.15) is 72.3 Å². The first-order valence-electron chi connectivity index (χ1n) is 12.3. The summed E-state index contributed by atoms with van der Waals surface area (Å²) in [6.45, 7) is 1.88. The highest BCUT2D eigenvalue weighted by molar-refractivity contribution is 5.95. The van der Waals surface area contributed by atoms with Gasteiger partial charge in [0.15, 0.2) is 0 Å². The fraction of sp³-hybridized carbons (Fsp3) is 0.429. The number of allylic oxidation sites excluding steroid dienone is 3. The number of esters is 1. The molecular formula is C28H33N3O2. The number of hydrogen-bond acceptors (Lipinski definition) is 5. The second-order valence-corrected chi connectivity index (χ2v) is 9.30. The van der Waals surface area contributed by atoms with E-state index in [0.29, 0.717) is 11.5 Å². The van der Waals surface area contributed by atoms with Gasteiger partial charge in [-0.3, -0.25) is 4.98 Å². The molecule has 2 heterocycles. The van der Waals surface area contributed by atoms with Crippen LogP contribution in [0.5, 0.6) is 0 Å². The van der Waals surface area contributed by atoms with Crippen molar-refractivity contribution in [1.82, 2.24) is 4.98 Å². The van der Waals surface area contributed by atoms with Gasteiger partial charge in [0, 0.05) is 36.6 Å². The number of nitrogens with zero attached hydrogens (tertiary/aromatic N) is 2. The van der Waals surface area contributed by atoms with Crippen molar-refractivity contribution in [2.45, 2.75) is 57.3 Å². The smallest absolute Gasteiger partial charge is 0.340 e. The van der Waals surface area contributed by atoms with Crippen molar-refractivity contribution in [3.8, 4) is 0 Å². The minimum Gasteiger partial charge on any atom is -0.465 e. The minimum absolute atomic E-state index is 0.337. The number of ether oxygens (including phenoxy) is 1. The van der Waals surface area contributed by atoms with Gasteiger partial charge < -0.3 is 15.0 Å². The fourth-order valence-electron chi connectivity index (χ4n) is 5.57. The summed E-state index contributed by atoms with van der Waals surface area (Å²) >= 11 is 0. The Morgan fingerprint density at radius 2 is 2.12 bits per heavy atom. The summed E-state index contributed by atoms with van der Waals surface area (Å²) in [4.78, 5) is 18.8. The average Bonchev–Trinajstić information content (AvgIpc) is 3.09. The van der Waals surface area contributed by atoms with Gasteiger partial charge in [-0.1, -0.05) is 12.1 Å². The van der Waals surface area contributed by atoms with E-state index in [1.54, 1.807) is 24.0 Å². The maximum atomic E-state index is 12.1. The lowest BCUT2D eigenvalue weighted by atomic mass is 9.82. The summed E-state index contributed by atoms with van der Waals surface area (Å²) in [6, 6.07) is 8.81. The Balaban J connectivity index is 1.36. The van der Waals surface area contributed by atoms with E-state index < -0.39 is 0 Å². The number of nitrogens with one attached hydrogen (secondary N) is 1. The van der Waals surface area contributed by atoms with Crippen LogP contribution in [0.3, 0.4) is 0 Å². The SMILES string of the molecule is COC(=O)c1ccncc1NC[C@@H]1CCCc2cc(N3CCCCC4=C3C=CCC4)ccc21. The van der Waals surface area contributed by atoms with E-state index in [9.17, 15) is 4.79 Å². The highest BCUT2D eigenvalue weighted by Crippen LogP contribution is 2.37. The van der Waals surface area contributed by atoms with Gasteiger partial charge in [-0.15, -0.1) is 0 Å². The van der Waals surface area contributed by atoms with Crippen molar-refractivity contribution in [1.29, 1.82) is 0 Å². The molecule has 0 bridgehead atoms. The minimum atomic E-state index is -0.337. The third-order valence-corrected chi connectivity index (χ3v) is 7.29. The molecule has 5 rings (SSSR count). The van der Waals surface area contributed by atoms with Gasteiger partial charge in [-0.05, 0) is 92.3 Å². The number of aromatic nitrogens is 1. The number of methoxy groups -OCH3 is 1. The van der Waals surface area contributed by atoms with Gasteiger partial charge in [0.2, 0.25) is 0 Å². The quantitative estimate of drug-likeness (QED) is 0.575. The van der Waals surface area contributed by atoms with Crippen LogP contribution in [0.2, 0.25) is 0 Å². The van der Waals surface area contributed by atoms with Crippen molar-refractivity contribution < 1.29 is 9.53 Å². The first-order chi connectivity index (χ1) is 16.2. The molecule has 1 aromatic heterocycles. The van der Waals surface area contributed by atoms with Gasteiger partial charge in [-0.2, -0.15) is 0 Å². The Bertz CT molecular complexity index is 1090. The Labute approximate surface area is 196 Å². The third kappa shape index (κ3) is 4.54. The molecular weight excluding hydrogens is 410 g/mol. The summed E-state index contributed by atoms with van der Waals surface area (Å²) in [5, 5.41) is 3.47. The van der Waals surface area contributed by atoms with Crippen molar-refractivity contribution in [2.75, 3.05) is 30.4 Å². The number of carbonyl (C=O) groups is 1. The van der Waals surface area contributed by atoms with Crippen molar-refractivity contribution in [2.24, 2.45) is 0 Å². The van der Waals surface area contributed by atoms with Crippen LogP contribution in [0, 0.1) is 0 Å². The van der Waals surface area contributed by atoms with Gasteiger partial charge >= 0.3 is 5.97 Å². The van der Waals surface area contributed by atoms with E-state index in [1.165, 1.54) is 68.1 Å². The Hall–Kier alpha value is -3.08. The molecule has 0 saturated heterocycles. The monoisotopic (exact) mass is 443 g/mol. The molecule has 5 nitrogen and oxygen atoms in total. The Morgan fingerprint density at radius 3 is 3.03 bits per heavy atom. The molecule has 0 radical (unpaired) electrons. The predicted molar refractivity (Wildman–Crippen MR) is 133 cm³/mol. The van der Waals surface area contributed by atoms with E-state index in [4.69, 9.17) is 4.74 Å². The van der Waals surface area contributed by atoms with E-state index >= 15 is 0 Å². The van der Waals surface area contributed by atoms with Crippen molar-refractivity contribution in [3.05, 3.63) is 76.8 Å². The van der Waals surface area contributed by atoms with Crippen LogP contribution in [0.4, 0.5) is 11.4 Å². The van der Waals surface area contributed by atoms with Crippen LogP contribution in [-0.2, 0) is 11.2 Å². The number of carbonyl (C=O) groups excluding carboxylic acids is 1. The summed E-state index contributed by atoms with van der Waals surface area (Å²) in [7, 11) is 1.41. The molecule has 0 fully saturated rings. The maximum Gasteiger partial charge on any atom is 0.340 e. The molecule has 0 unspecified atom stereocenters. The molecule has 0 saturated carbocycles. The lowest BCUT2D eigenvalue weighted by molar-refractivity contribution is 0.0601.